The lowest BCUT2D eigenvalue weighted by Crippen LogP contribution is -2.18. The molecule has 1 aromatic heterocycles. The number of carbonyl (C=O) groups is 2. The Bertz CT molecular complexity index is 1110. The minimum Gasteiger partial charge on any atom is -0.477 e. The second-order valence-electron chi connectivity index (χ2n) is 6.71. The van der Waals surface area contributed by atoms with E-state index in [0.29, 0.717) is 16.5 Å². The Labute approximate surface area is 179 Å². The van der Waals surface area contributed by atoms with Crippen molar-refractivity contribution in [3.05, 3.63) is 71.4 Å². The van der Waals surface area contributed by atoms with Crippen LogP contribution in [0.1, 0.15) is 35.5 Å². The summed E-state index contributed by atoms with van der Waals surface area (Å²) in [5.41, 5.74) is 1.59. The molecule has 3 rings (SSSR count). The highest BCUT2D eigenvalue weighted by molar-refractivity contribution is 7.53. The van der Waals surface area contributed by atoms with E-state index in [-0.39, 0.29) is 31.7 Å². The largest absolute Gasteiger partial charge is 0.477 e. The first kappa shape index (κ1) is 22.7. The molecule has 9 heteroatoms. The molecular formula is C22H24NO7P. The van der Waals surface area contributed by atoms with Gasteiger partial charge in [-0.3, -0.25) is 4.57 Å². The first-order valence-electron chi connectivity index (χ1n) is 9.83. The van der Waals surface area contributed by atoms with E-state index in [1.54, 1.807) is 44.2 Å². The molecule has 0 aliphatic heterocycles. The van der Waals surface area contributed by atoms with Crippen LogP contribution in [0.5, 0.6) is 0 Å². The van der Waals surface area contributed by atoms with Gasteiger partial charge < -0.3 is 18.9 Å². The summed E-state index contributed by atoms with van der Waals surface area (Å²) in [5.74, 6) is -1.26. The SMILES string of the molecule is CCOP(=O)(Cc1ccc2c(c1)cc(C(=O)O)n2C(=O)OCc1ccccc1)OCC. The molecule has 1 heterocycles. The van der Waals surface area contributed by atoms with Crippen LogP contribution in [0.4, 0.5) is 4.79 Å². The van der Waals surface area contributed by atoms with Crippen molar-refractivity contribution in [3.63, 3.8) is 0 Å². The molecule has 1 N–H and O–H groups in total. The molecule has 0 radical (unpaired) electrons. The van der Waals surface area contributed by atoms with Crippen LogP contribution in [-0.4, -0.2) is 34.9 Å². The molecule has 164 valence electrons. The molecule has 0 saturated carbocycles. The zero-order valence-electron chi connectivity index (χ0n) is 17.3. The third-order valence-corrected chi connectivity index (χ3v) is 6.56. The molecule has 0 bridgehead atoms. The number of carboxylic acid groups (broad SMARTS) is 1. The summed E-state index contributed by atoms with van der Waals surface area (Å²) >= 11 is 0. The number of fused-ring (bicyclic) bond motifs is 1. The smallest absolute Gasteiger partial charge is 0.419 e. The molecule has 0 unspecified atom stereocenters. The van der Waals surface area contributed by atoms with Gasteiger partial charge in [0, 0.05) is 5.39 Å². The Hall–Kier alpha value is -2.93. The first-order chi connectivity index (χ1) is 14.9. The second kappa shape index (κ2) is 9.92. The normalized spacial score (nSPS) is 11.5. The van der Waals surface area contributed by atoms with Crippen molar-refractivity contribution in [3.8, 4) is 0 Å². The van der Waals surface area contributed by atoms with Crippen LogP contribution in [0, 0.1) is 0 Å². The molecule has 3 aromatic rings. The Balaban J connectivity index is 1.91. The number of aromatic carboxylic acids is 1. The zero-order valence-corrected chi connectivity index (χ0v) is 18.2. The lowest BCUT2D eigenvalue weighted by molar-refractivity contribution is 0.0681. The molecule has 2 aromatic carbocycles. The summed E-state index contributed by atoms with van der Waals surface area (Å²) < 4.78 is 29.8. The summed E-state index contributed by atoms with van der Waals surface area (Å²) in [6.45, 7) is 3.96. The fraction of sp³-hybridized carbons (Fsp3) is 0.273. The van der Waals surface area contributed by atoms with Gasteiger partial charge in [-0.05, 0) is 43.2 Å². The van der Waals surface area contributed by atoms with Crippen LogP contribution in [0.15, 0.2) is 54.6 Å². The van der Waals surface area contributed by atoms with Crippen molar-refractivity contribution in [2.75, 3.05) is 13.2 Å². The second-order valence-corrected chi connectivity index (χ2v) is 8.76. The molecular weight excluding hydrogens is 421 g/mol. The van der Waals surface area contributed by atoms with Gasteiger partial charge in [-0.25, -0.2) is 14.2 Å². The summed E-state index contributed by atoms with van der Waals surface area (Å²) in [6, 6.07) is 15.4. The fourth-order valence-corrected chi connectivity index (χ4v) is 4.93. The minimum atomic E-state index is -3.32. The van der Waals surface area contributed by atoms with Crippen LogP contribution < -0.4 is 0 Å². The number of carboxylic acids is 1. The van der Waals surface area contributed by atoms with E-state index in [9.17, 15) is 19.3 Å². The van der Waals surface area contributed by atoms with Gasteiger partial charge >= 0.3 is 19.7 Å². The maximum atomic E-state index is 12.8. The van der Waals surface area contributed by atoms with Crippen molar-refractivity contribution in [2.24, 2.45) is 0 Å². The monoisotopic (exact) mass is 445 g/mol. The van der Waals surface area contributed by atoms with E-state index in [2.05, 4.69) is 0 Å². The molecule has 0 spiro atoms. The number of rotatable bonds is 9. The van der Waals surface area contributed by atoms with Gasteiger partial charge in [0.1, 0.15) is 12.3 Å². The van der Waals surface area contributed by atoms with E-state index < -0.39 is 19.7 Å². The number of carbonyl (C=O) groups excluding carboxylic acids is 1. The summed E-state index contributed by atoms with van der Waals surface area (Å²) in [5, 5.41) is 10.1. The standard InChI is InChI=1S/C22H24NO7P/c1-3-29-31(27,30-4-2)15-17-10-11-19-18(12-17)13-20(21(24)25)23(19)22(26)28-14-16-8-6-5-7-9-16/h5-13H,3-4,14-15H2,1-2H3,(H,24,25). The van der Waals surface area contributed by atoms with Gasteiger partial charge in [0.2, 0.25) is 0 Å². The van der Waals surface area contributed by atoms with E-state index >= 15 is 0 Å². The van der Waals surface area contributed by atoms with Crippen LogP contribution in [0.2, 0.25) is 0 Å². The lowest BCUT2D eigenvalue weighted by atomic mass is 10.2. The van der Waals surface area contributed by atoms with Gasteiger partial charge in [-0.2, -0.15) is 0 Å². The van der Waals surface area contributed by atoms with E-state index in [4.69, 9.17) is 13.8 Å². The highest BCUT2D eigenvalue weighted by Gasteiger charge is 2.26. The molecule has 0 aliphatic rings. The Kier molecular flexibility index (Phi) is 7.28. The zero-order chi connectivity index (χ0) is 22.4. The number of ether oxygens (including phenoxy) is 1. The van der Waals surface area contributed by atoms with Crippen LogP contribution in [0.3, 0.4) is 0 Å². The topological polar surface area (TPSA) is 104 Å². The van der Waals surface area contributed by atoms with Crippen molar-refractivity contribution >= 4 is 30.6 Å². The lowest BCUT2D eigenvalue weighted by Gasteiger charge is -2.17. The maximum Gasteiger partial charge on any atom is 0.419 e. The third-order valence-electron chi connectivity index (χ3n) is 4.50. The van der Waals surface area contributed by atoms with Crippen LogP contribution in [0.25, 0.3) is 10.9 Å². The molecule has 31 heavy (non-hydrogen) atoms. The Morgan fingerprint density at radius 2 is 1.65 bits per heavy atom. The van der Waals surface area contributed by atoms with Crippen LogP contribution >= 0.6 is 7.60 Å². The number of hydrogen-bond donors (Lipinski definition) is 1. The highest BCUT2D eigenvalue weighted by Crippen LogP contribution is 2.51. The van der Waals surface area contributed by atoms with Crippen molar-refractivity contribution in [1.82, 2.24) is 4.57 Å². The van der Waals surface area contributed by atoms with Gasteiger partial charge in [-0.15, -0.1) is 0 Å². The quantitative estimate of drug-likeness (QED) is 0.446. The Morgan fingerprint density at radius 1 is 0.968 bits per heavy atom. The van der Waals surface area contributed by atoms with Gasteiger partial charge in [0.15, 0.2) is 0 Å². The highest BCUT2D eigenvalue weighted by atomic mass is 31.2. The molecule has 0 saturated heterocycles. The average Bonchev–Trinajstić information content (AvgIpc) is 3.12. The minimum absolute atomic E-state index is 0.0163. The van der Waals surface area contributed by atoms with Gasteiger partial charge in [0.05, 0.1) is 24.9 Å². The number of hydrogen-bond acceptors (Lipinski definition) is 6. The molecule has 0 amide bonds. The van der Waals surface area contributed by atoms with E-state index in [1.165, 1.54) is 6.07 Å². The number of benzene rings is 2. The third kappa shape index (κ3) is 5.41. The van der Waals surface area contributed by atoms with Crippen LogP contribution in [-0.2, 0) is 31.1 Å². The summed E-state index contributed by atoms with van der Waals surface area (Å²) in [6.07, 6.45) is -0.755. The Morgan fingerprint density at radius 3 is 2.26 bits per heavy atom. The summed E-state index contributed by atoms with van der Waals surface area (Å²) in [7, 11) is -3.32. The van der Waals surface area contributed by atoms with E-state index in [1.807, 2.05) is 18.2 Å². The molecule has 8 nitrogen and oxygen atoms in total. The van der Waals surface area contributed by atoms with Gasteiger partial charge in [0.25, 0.3) is 0 Å². The molecule has 0 aliphatic carbocycles. The van der Waals surface area contributed by atoms with Crippen molar-refractivity contribution < 1.29 is 33.0 Å². The molecule has 0 atom stereocenters. The predicted molar refractivity (Wildman–Crippen MR) is 115 cm³/mol. The predicted octanol–water partition coefficient (Wildman–Crippen LogP) is 5.29. The number of aromatic nitrogens is 1. The van der Waals surface area contributed by atoms with E-state index in [0.717, 1.165) is 10.1 Å². The number of nitrogens with zero attached hydrogens (tertiary/aromatic N) is 1. The van der Waals surface area contributed by atoms with Crippen molar-refractivity contribution in [2.45, 2.75) is 26.6 Å². The molecule has 0 fully saturated rings. The maximum absolute atomic E-state index is 12.8. The van der Waals surface area contributed by atoms with Gasteiger partial charge in [-0.1, -0.05) is 36.4 Å². The average molecular weight is 445 g/mol. The van der Waals surface area contributed by atoms with Crippen molar-refractivity contribution in [1.29, 1.82) is 0 Å². The fourth-order valence-electron chi connectivity index (χ4n) is 3.25. The first-order valence-corrected chi connectivity index (χ1v) is 11.6. The summed E-state index contributed by atoms with van der Waals surface area (Å²) in [4.78, 5) is 24.4.